The molecule has 2 rings (SSSR count). The maximum absolute atomic E-state index is 12.5. The van der Waals surface area contributed by atoms with Crippen LogP contribution in [0.5, 0.6) is 5.75 Å². The topological polar surface area (TPSA) is 110 Å². The molecular formula is C13H14N2O6. The molecule has 1 atom stereocenters. The molecule has 1 saturated heterocycles. The van der Waals surface area contributed by atoms with Crippen LogP contribution in [0.2, 0.25) is 0 Å². The number of carbonyl (C=O) groups is 2. The highest BCUT2D eigenvalue weighted by molar-refractivity contribution is 5.99. The average Bonchev–Trinajstić information content (AvgIpc) is 2.95. The molecule has 1 aromatic rings. The summed E-state index contributed by atoms with van der Waals surface area (Å²) in [6.45, 7) is 0.307. The third-order valence-electron chi connectivity index (χ3n) is 3.42. The number of benzene rings is 1. The van der Waals surface area contributed by atoms with E-state index >= 15 is 0 Å². The van der Waals surface area contributed by atoms with Gasteiger partial charge in [-0.1, -0.05) is 0 Å². The second kappa shape index (κ2) is 5.78. The van der Waals surface area contributed by atoms with Crippen LogP contribution >= 0.6 is 0 Å². The Balaban J connectivity index is 2.39. The van der Waals surface area contributed by atoms with Crippen LogP contribution in [-0.4, -0.2) is 46.5 Å². The van der Waals surface area contributed by atoms with E-state index in [0.29, 0.717) is 19.4 Å². The van der Waals surface area contributed by atoms with E-state index in [4.69, 9.17) is 9.84 Å². The van der Waals surface area contributed by atoms with Gasteiger partial charge in [0.25, 0.3) is 11.6 Å². The lowest BCUT2D eigenvalue weighted by atomic mass is 10.1. The van der Waals surface area contributed by atoms with E-state index in [1.807, 2.05) is 0 Å². The van der Waals surface area contributed by atoms with Crippen LogP contribution in [0.4, 0.5) is 5.69 Å². The first-order valence-electron chi connectivity index (χ1n) is 6.32. The van der Waals surface area contributed by atoms with Gasteiger partial charge >= 0.3 is 5.97 Å². The molecule has 21 heavy (non-hydrogen) atoms. The van der Waals surface area contributed by atoms with Crippen molar-refractivity contribution in [2.24, 2.45) is 0 Å². The van der Waals surface area contributed by atoms with Gasteiger partial charge in [0.2, 0.25) is 0 Å². The summed E-state index contributed by atoms with van der Waals surface area (Å²) in [6.07, 6.45) is 0.957. The first kappa shape index (κ1) is 14.8. The highest BCUT2D eigenvalue weighted by atomic mass is 16.6. The summed E-state index contributed by atoms with van der Waals surface area (Å²) in [5.41, 5.74) is -0.245. The highest BCUT2D eigenvalue weighted by Crippen LogP contribution is 2.28. The van der Waals surface area contributed by atoms with Crippen molar-refractivity contribution in [3.05, 3.63) is 33.9 Å². The Morgan fingerprint density at radius 2 is 2.19 bits per heavy atom. The number of nitro groups is 1. The number of aliphatic carboxylic acids is 1. The number of non-ortho nitro benzene ring substituents is 1. The first-order chi connectivity index (χ1) is 9.95. The lowest BCUT2D eigenvalue weighted by Crippen LogP contribution is -2.40. The minimum absolute atomic E-state index is 0.000139. The number of methoxy groups -OCH3 is 1. The van der Waals surface area contributed by atoms with Crippen molar-refractivity contribution in [1.29, 1.82) is 0 Å². The molecule has 0 saturated carbocycles. The quantitative estimate of drug-likeness (QED) is 0.662. The smallest absolute Gasteiger partial charge is 0.326 e. The van der Waals surface area contributed by atoms with Gasteiger partial charge in [-0.15, -0.1) is 0 Å². The average molecular weight is 294 g/mol. The van der Waals surface area contributed by atoms with E-state index in [0.717, 1.165) is 6.07 Å². The van der Waals surface area contributed by atoms with Gasteiger partial charge in [0, 0.05) is 18.7 Å². The number of nitrogens with zero attached hydrogens (tertiary/aromatic N) is 2. The molecule has 0 aliphatic carbocycles. The number of ether oxygens (including phenoxy) is 1. The molecule has 8 nitrogen and oxygen atoms in total. The lowest BCUT2D eigenvalue weighted by molar-refractivity contribution is -0.384. The Bertz CT molecular complexity index is 600. The van der Waals surface area contributed by atoms with Gasteiger partial charge in [-0.2, -0.15) is 0 Å². The molecule has 1 aromatic carbocycles. The monoisotopic (exact) mass is 294 g/mol. The zero-order valence-electron chi connectivity index (χ0n) is 11.3. The number of rotatable bonds is 4. The van der Waals surface area contributed by atoms with Crippen molar-refractivity contribution in [2.75, 3.05) is 13.7 Å². The molecule has 112 valence electrons. The Hall–Kier alpha value is -2.64. The zero-order chi connectivity index (χ0) is 15.6. The van der Waals surface area contributed by atoms with E-state index in [9.17, 15) is 19.7 Å². The van der Waals surface area contributed by atoms with Crippen molar-refractivity contribution in [3.63, 3.8) is 0 Å². The third-order valence-corrected chi connectivity index (χ3v) is 3.42. The fraction of sp³-hybridized carbons (Fsp3) is 0.385. The minimum Gasteiger partial charge on any atom is -0.496 e. The van der Waals surface area contributed by atoms with E-state index in [1.165, 1.54) is 24.1 Å². The van der Waals surface area contributed by atoms with Gasteiger partial charge in [-0.3, -0.25) is 14.9 Å². The van der Waals surface area contributed by atoms with Gasteiger partial charge in [-0.25, -0.2) is 4.79 Å². The summed E-state index contributed by atoms with van der Waals surface area (Å²) in [7, 11) is 1.34. The second-order valence-corrected chi connectivity index (χ2v) is 4.64. The van der Waals surface area contributed by atoms with E-state index in [1.54, 1.807) is 0 Å². The first-order valence-corrected chi connectivity index (χ1v) is 6.32. The number of amides is 1. The Kier molecular flexibility index (Phi) is 4.06. The van der Waals surface area contributed by atoms with Crippen LogP contribution in [0.3, 0.4) is 0 Å². The molecule has 8 heteroatoms. The molecule has 0 bridgehead atoms. The van der Waals surface area contributed by atoms with E-state index < -0.39 is 22.8 Å². The SMILES string of the molecule is COc1ccc([N+](=O)[O-])cc1C(=O)N1CCC[C@H]1C(=O)O. The van der Waals surface area contributed by atoms with E-state index in [2.05, 4.69) is 0 Å². The number of hydrogen-bond donors (Lipinski definition) is 1. The molecule has 1 N–H and O–H groups in total. The number of carboxylic acids is 1. The zero-order valence-corrected chi connectivity index (χ0v) is 11.3. The molecule has 0 unspecified atom stereocenters. The number of carboxylic acid groups (broad SMARTS) is 1. The molecule has 0 aromatic heterocycles. The Morgan fingerprint density at radius 1 is 1.48 bits per heavy atom. The standard InChI is InChI=1S/C13H14N2O6/c1-21-11-5-4-8(15(19)20)7-9(11)12(16)14-6-2-3-10(14)13(17)18/h4-5,7,10H,2-3,6H2,1H3,(H,17,18)/t10-/m0/s1. The van der Waals surface area contributed by atoms with Crippen molar-refractivity contribution >= 4 is 17.6 Å². The fourth-order valence-electron chi connectivity index (χ4n) is 2.40. The molecule has 1 amide bonds. The molecule has 1 heterocycles. The summed E-state index contributed by atoms with van der Waals surface area (Å²) in [5, 5.41) is 19.9. The summed E-state index contributed by atoms with van der Waals surface area (Å²) < 4.78 is 5.04. The van der Waals surface area contributed by atoms with Crippen molar-refractivity contribution in [2.45, 2.75) is 18.9 Å². The summed E-state index contributed by atoms with van der Waals surface area (Å²) in [4.78, 5) is 35.0. The van der Waals surface area contributed by atoms with Crippen molar-refractivity contribution < 1.29 is 24.4 Å². The number of likely N-dealkylation sites (tertiary alicyclic amines) is 1. The Morgan fingerprint density at radius 3 is 2.76 bits per heavy atom. The van der Waals surface area contributed by atoms with Crippen molar-refractivity contribution in [1.82, 2.24) is 4.90 Å². The summed E-state index contributed by atoms with van der Waals surface area (Å²) in [6, 6.07) is 2.77. The molecule has 1 aliphatic rings. The van der Waals surface area contributed by atoms with Crippen LogP contribution in [0.25, 0.3) is 0 Å². The molecule has 1 fully saturated rings. The largest absolute Gasteiger partial charge is 0.496 e. The maximum Gasteiger partial charge on any atom is 0.326 e. The normalized spacial score (nSPS) is 17.6. The maximum atomic E-state index is 12.5. The van der Waals surface area contributed by atoms with Gasteiger partial charge in [-0.05, 0) is 18.9 Å². The van der Waals surface area contributed by atoms with Gasteiger partial charge in [0.15, 0.2) is 0 Å². The van der Waals surface area contributed by atoms with Crippen LogP contribution in [0.1, 0.15) is 23.2 Å². The van der Waals surface area contributed by atoms with Crippen molar-refractivity contribution in [3.8, 4) is 5.75 Å². The molecule has 1 aliphatic heterocycles. The van der Waals surface area contributed by atoms with Crippen LogP contribution in [0.15, 0.2) is 18.2 Å². The number of nitro benzene ring substituents is 1. The van der Waals surface area contributed by atoms with E-state index in [-0.39, 0.29) is 17.0 Å². The van der Waals surface area contributed by atoms with Crippen LogP contribution < -0.4 is 4.74 Å². The molecular weight excluding hydrogens is 280 g/mol. The third kappa shape index (κ3) is 2.78. The van der Waals surface area contributed by atoms with Crippen LogP contribution in [0, 0.1) is 10.1 Å². The molecule has 0 radical (unpaired) electrons. The number of carbonyl (C=O) groups excluding carboxylic acids is 1. The Labute approximate surface area is 120 Å². The highest BCUT2D eigenvalue weighted by Gasteiger charge is 2.35. The predicted octanol–water partition coefficient (Wildman–Crippen LogP) is 1.29. The summed E-state index contributed by atoms with van der Waals surface area (Å²) >= 11 is 0. The second-order valence-electron chi connectivity index (χ2n) is 4.64. The van der Waals surface area contributed by atoms with Crippen LogP contribution in [-0.2, 0) is 4.79 Å². The lowest BCUT2D eigenvalue weighted by Gasteiger charge is -2.22. The fourth-order valence-corrected chi connectivity index (χ4v) is 2.40. The van der Waals surface area contributed by atoms with Gasteiger partial charge in [0.1, 0.15) is 11.8 Å². The number of hydrogen-bond acceptors (Lipinski definition) is 5. The van der Waals surface area contributed by atoms with Gasteiger partial charge < -0.3 is 14.7 Å². The minimum atomic E-state index is -1.08. The van der Waals surface area contributed by atoms with Gasteiger partial charge in [0.05, 0.1) is 17.6 Å². The summed E-state index contributed by atoms with van der Waals surface area (Å²) in [5.74, 6) is -1.47. The molecule has 0 spiro atoms. The predicted molar refractivity (Wildman–Crippen MR) is 71.3 cm³/mol.